The summed E-state index contributed by atoms with van der Waals surface area (Å²) in [5, 5.41) is 3.52. The van der Waals surface area contributed by atoms with E-state index in [4.69, 9.17) is 0 Å². The second-order valence-electron chi connectivity index (χ2n) is 6.68. The predicted octanol–water partition coefficient (Wildman–Crippen LogP) is 1.29. The number of sulfonamides is 1. The van der Waals surface area contributed by atoms with E-state index < -0.39 is 10.0 Å². The van der Waals surface area contributed by atoms with Crippen molar-refractivity contribution in [3.05, 3.63) is 0 Å². The normalized spacial score (nSPS) is 32.4. The molecule has 2 rings (SSSR count). The first-order chi connectivity index (χ1) is 8.29. The summed E-state index contributed by atoms with van der Waals surface area (Å²) >= 11 is 0. The van der Waals surface area contributed by atoms with Gasteiger partial charge in [-0.1, -0.05) is 13.8 Å². The molecular weight excluding hydrogens is 248 g/mol. The van der Waals surface area contributed by atoms with E-state index >= 15 is 0 Å². The molecule has 2 unspecified atom stereocenters. The molecule has 2 atom stereocenters. The van der Waals surface area contributed by atoms with Crippen LogP contribution in [0.1, 0.15) is 33.1 Å². The van der Waals surface area contributed by atoms with Crippen LogP contribution in [0.3, 0.4) is 0 Å². The van der Waals surface area contributed by atoms with E-state index in [1.54, 1.807) is 4.31 Å². The molecule has 18 heavy (non-hydrogen) atoms. The first-order valence-corrected chi connectivity index (χ1v) is 8.80. The van der Waals surface area contributed by atoms with Crippen LogP contribution in [0.15, 0.2) is 0 Å². The highest BCUT2D eigenvalue weighted by Gasteiger charge is 2.44. The molecule has 1 aliphatic carbocycles. The second-order valence-corrected chi connectivity index (χ2v) is 8.66. The zero-order valence-corrected chi connectivity index (χ0v) is 12.6. The molecule has 0 aromatic carbocycles. The van der Waals surface area contributed by atoms with Gasteiger partial charge in [0.1, 0.15) is 0 Å². The summed E-state index contributed by atoms with van der Waals surface area (Å²) in [5.41, 5.74) is 0.526. The van der Waals surface area contributed by atoms with E-state index in [-0.39, 0.29) is 0 Å². The topological polar surface area (TPSA) is 49.4 Å². The summed E-state index contributed by atoms with van der Waals surface area (Å²) in [5.74, 6) is 1.29. The Morgan fingerprint density at radius 3 is 2.56 bits per heavy atom. The van der Waals surface area contributed by atoms with Crippen molar-refractivity contribution in [1.82, 2.24) is 9.62 Å². The van der Waals surface area contributed by atoms with Gasteiger partial charge in [-0.05, 0) is 49.6 Å². The number of piperidine rings is 1. The number of hydrogen-bond acceptors (Lipinski definition) is 3. The Labute approximate surface area is 111 Å². The third-order valence-electron chi connectivity index (χ3n) is 4.49. The fourth-order valence-corrected chi connectivity index (χ4v) is 3.82. The highest BCUT2D eigenvalue weighted by molar-refractivity contribution is 7.88. The summed E-state index contributed by atoms with van der Waals surface area (Å²) in [6.45, 7) is 8.06. The van der Waals surface area contributed by atoms with Crippen molar-refractivity contribution in [2.45, 2.75) is 33.1 Å². The first-order valence-electron chi connectivity index (χ1n) is 6.95. The molecule has 0 bridgehead atoms. The molecule has 0 radical (unpaired) electrons. The Morgan fingerprint density at radius 1 is 1.33 bits per heavy atom. The number of hydrogen-bond donors (Lipinski definition) is 1. The summed E-state index contributed by atoms with van der Waals surface area (Å²) in [6.07, 6.45) is 4.77. The molecule has 1 heterocycles. The van der Waals surface area contributed by atoms with Crippen LogP contribution < -0.4 is 5.32 Å². The molecule has 5 heteroatoms. The molecule has 2 aliphatic rings. The van der Waals surface area contributed by atoms with Crippen LogP contribution >= 0.6 is 0 Å². The van der Waals surface area contributed by atoms with Crippen LogP contribution in [0.25, 0.3) is 0 Å². The molecule has 1 saturated carbocycles. The maximum atomic E-state index is 11.5. The Morgan fingerprint density at radius 2 is 2.00 bits per heavy atom. The SMILES string of the molecule is CC1(C)CC1CNCC1CCCN(S(C)(=O)=O)C1. The van der Waals surface area contributed by atoms with E-state index in [0.717, 1.165) is 31.8 Å². The highest BCUT2D eigenvalue weighted by atomic mass is 32.2. The van der Waals surface area contributed by atoms with Crippen molar-refractivity contribution in [3.63, 3.8) is 0 Å². The lowest BCUT2D eigenvalue weighted by molar-refractivity contribution is 0.260. The van der Waals surface area contributed by atoms with Crippen molar-refractivity contribution in [1.29, 1.82) is 0 Å². The lowest BCUT2D eigenvalue weighted by Gasteiger charge is -2.31. The lowest BCUT2D eigenvalue weighted by Crippen LogP contribution is -2.42. The minimum atomic E-state index is -3.00. The minimum Gasteiger partial charge on any atom is -0.316 e. The largest absolute Gasteiger partial charge is 0.316 e. The van der Waals surface area contributed by atoms with Gasteiger partial charge >= 0.3 is 0 Å². The van der Waals surface area contributed by atoms with Crippen LogP contribution in [0, 0.1) is 17.3 Å². The first kappa shape index (κ1) is 14.3. The van der Waals surface area contributed by atoms with E-state index in [1.807, 2.05) is 0 Å². The van der Waals surface area contributed by atoms with Crippen LogP contribution in [0.5, 0.6) is 0 Å². The molecule has 1 N–H and O–H groups in total. The monoisotopic (exact) mass is 274 g/mol. The molecule has 106 valence electrons. The van der Waals surface area contributed by atoms with E-state index in [0.29, 0.717) is 24.4 Å². The smallest absolute Gasteiger partial charge is 0.211 e. The number of nitrogens with zero attached hydrogens (tertiary/aromatic N) is 1. The van der Waals surface area contributed by atoms with E-state index in [9.17, 15) is 8.42 Å². The zero-order chi connectivity index (χ0) is 13.4. The fourth-order valence-electron chi connectivity index (χ4n) is 2.88. The molecular formula is C13H26N2O2S. The number of rotatable bonds is 5. The Balaban J connectivity index is 1.70. The average Bonchev–Trinajstić information content (AvgIpc) is 2.86. The van der Waals surface area contributed by atoms with Gasteiger partial charge in [0.2, 0.25) is 10.0 Å². The van der Waals surface area contributed by atoms with Crippen LogP contribution in [0.4, 0.5) is 0 Å². The second kappa shape index (κ2) is 5.10. The summed E-state index contributed by atoms with van der Waals surface area (Å²) in [4.78, 5) is 0. The Hall–Kier alpha value is -0.130. The molecule has 4 nitrogen and oxygen atoms in total. The highest BCUT2D eigenvalue weighted by Crippen LogP contribution is 2.50. The maximum Gasteiger partial charge on any atom is 0.211 e. The average molecular weight is 274 g/mol. The molecule has 0 amide bonds. The molecule has 0 spiro atoms. The molecule has 0 aromatic heterocycles. The van der Waals surface area contributed by atoms with Crippen LogP contribution in [0.2, 0.25) is 0 Å². The van der Waals surface area contributed by atoms with Gasteiger partial charge in [0.25, 0.3) is 0 Å². The van der Waals surface area contributed by atoms with Gasteiger partial charge in [-0.15, -0.1) is 0 Å². The van der Waals surface area contributed by atoms with Gasteiger partial charge in [0, 0.05) is 13.1 Å². The summed E-state index contributed by atoms with van der Waals surface area (Å²) in [6, 6.07) is 0. The predicted molar refractivity (Wildman–Crippen MR) is 73.9 cm³/mol. The molecule has 1 aliphatic heterocycles. The van der Waals surface area contributed by atoms with E-state index in [1.165, 1.54) is 12.7 Å². The quantitative estimate of drug-likeness (QED) is 0.822. The summed E-state index contributed by atoms with van der Waals surface area (Å²) < 4.78 is 24.7. The number of nitrogens with one attached hydrogen (secondary N) is 1. The summed E-state index contributed by atoms with van der Waals surface area (Å²) in [7, 11) is -3.00. The lowest BCUT2D eigenvalue weighted by atomic mass is 9.99. The van der Waals surface area contributed by atoms with Gasteiger partial charge < -0.3 is 5.32 Å². The van der Waals surface area contributed by atoms with Crippen molar-refractivity contribution in [2.24, 2.45) is 17.3 Å². The third kappa shape index (κ3) is 3.68. The van der Waals surface area contributed by atoms with Gasteiger partial charge in [-0.3, -0.25) is 0 Å². The van der Waals surface area contributed by atoms with Crippen molar-refractivity contribution >= 4 is 10.0 Å². The van der Waals surface area contributed by atoms with Crippen molar-refractivity contribution < 1.29 is 8.42 Å². The Bertz CT molecular complexity index is 392. The fraction of sp³-hybridized carbons (Fsp3) is 1.00. The van der Waals surface area contributed by atoms with Crippen LogP contribution in [-0.4, -0.2) is 45.2 Å². The van der Waals surface area contributed by atoms with E-state index in [2.05, 4.69) is 19.2 Å². The van der Waals surface area contributed by atoms with Crippen LogP contribution in [-0.2, 0) is 10.0 Å². The third-order valence-corrected chi connectivity index (χ3v) is 5.76. The maximum absolute atomic E-state index is 11.5. The Kier molecular flexibility index (Phi) is 4.04. The molecule has 2 fully saturated rings. The minimum absolute atomic E-state index is 0.482. The van der Waals surface area contributed by atoms with Gasteiger partial charge in [-0.2, -0.15) is 0 Å². The van der Waals surface area contributed by atoms with Crippen molar-refractivity contribution in [2.75, 3.05) is 32.4 Å². The van der Waals surface area contributed by atoms with Gasteiger partial charge in [-0.25, -0.2) is 12.7 Å². The zero-order valence-electron chi connectivity index (χ0n) is 11.8. The van der Waals surface area contributed by atoms with Crippen molar-refractivity contribution in [3.8, 4) is 0 Å². The van der Waals surface area contributed by atoms with Gasteiger partial charge in [0.15, 0.2) is 0 Å². The molecule has 0 aromatic rings. The molecule has 1 saturated heterocycles. The standard InChI is InChI=1S/C13H26N2O2S/c1-13(2)7-12(13)9-14-8-11-5-4-6-15(10-11)18(3,16)17/h11-12,14H,4-10H2,1-3H3. The van der Waals surface area contributed by atoms with Gasteiger partial charge in [0.05, 0.1) is 6.26 Å².